The van der Waals surface area contributed by atoms with Crippen LogP contribution in [0.25, 0.3) is 0 Å². The van der Waals surface area contributed by atoms with Crippen LogP contribution >= 0.6 is 11.8 Å². The Labute approximate surface area is 136 Å². The van der Waals surface area contributed by atoms with Crippen LogP contribution in [0, 0.1) is 0 Å². The summed E-state index contributed by atoms with van der Waals surface area (Å²) in [7, 11) is 0. The van der Waals surface area contributed by atoms with Crippen molar-refractivity contribution in [2.24, 2.45) is 0 Å². The van der Waals surface area contributed by atoms with E-state index in [-0.39, 0.29) is 16.7 Å². The molecule has 0 saturated heterocycles. The Morgan fingerprint density at radius 3 is 2.52 bits per heavy atom. The van der Waals surface area contributed by atoms with Gasteiger partial charge >= 0.3 is 5.51 Å². The number of rotatable bonds is 3. The van der Waals surface area contributed by atoms with E-state index in [9.17, 15) is 18.3 Å². The number of alkyl halides is 3. The van der Waals surface area contributed by atoms with Gasteiger partial charge in [0.05, 0.1) is 0 Å². The van der Waals surface area contributed by atoms with Crippen LogP contribution in [0.2, 0.25) is 0 Å². The monoisotopic (exact) mass is 339 g/mol. The van der Waals surface area contributed by atoms with E-state index in [1.165, 1.54) is 12.1 Å². The van der Waals surface area contributed by atoms with Crippen molar-refractivity contribution >= 4 is 11.8 Å². The van der Waals surface area contributed by atoms with Crippen molar-refractivity contribution in [1.82, 2.24) is 4.90 Å². The normalized spacial score (nSPS) is 15.4. The number of aromatic hydroxyl groups is 1. The van der Waals surface area contributed by atoms with Gasteiger partial charge < -0.3 is 5.11 Å². The summed E-state index contributed by atoms with van der Waals surface area (Å²) >= 11 is -0.0985. The predicted octanol–water partition coefficient (Wildman–Crippen LogP) is 4.56. The van der Waals surface area contributed by atoms with Gasteiger partial charge in [0, 0.05) is 30.1 Å². The molecule has 2 aromatic rings. The van der Waals surface area contributed by atoms with Crippen molar-refractivity contribution < 1.29 is 18.3 Å². The number of nitrogens with zero attached hydrogens (tertiary/aromatic N) is 1. The molecule has 0 aromatic heterocycles. The van der Waals surface area contributed by atoms with Crippen LogP contribution in [-0.2, 0) is 19.5 Å². The summed E-state index contributed by atoms with van der Waals surface area (Å²) < 4.78 is 37.0. The zero-order valence-corrected chi connectivity index (χ0v) is 13.1. The molecule has 0 aliphatic carbocycles. The fraction of sp³-hybridized carbons (Fsp3) is 0.294. The van der Waals surface area contributed by atoms with Crippen LogP contribution in [0.1, 0.15) is 16.7 Å². The Kier molecular flexibility index (Phi) is 4.55. The molecular formula is C17H16F3NOS. The Hall–Kier alpha value is -1.66. The summed E-state index contributed by atoms with van der Waals surface area (Å²) in [5, 5.41) is 9.95. The van der Waals surface area contributed by atoms with E-state index in [4.69, 9.17) is 0 Å². The number of thioether (sulfide) groups is 1. The maximum atomic E-state index is 12.3. The second kappa shape index (κ2) is 6.45. The first kappa shape index (κ1) is 16.2. The highest BCUT2D eigenvalue weighted by molar-refractivity contribution is 8.00. The maximum Gasteiger partial charge on any atom is 0.446 e. The van der Waals surface area contributed by atoms with Gasteiger partial charge in [-0.1, -0.05) is 24.3 Å². The molecule has 1 N–H and O–H groups in total. The minimum absolute atomic E-state index is 0.0985. The molecule has 1 aliphatic heterocycles. The standard InChI is InChI=1S/C17H16F3NOS/c18-17(19,20)23-14-6-4-12(5-7-14)10-21-9-8-13-2-1-3-16(22)15(13)11-21/h1-7,22H,8-11H2. The highest BCUT2D eigenvalue weighted by atomic mass is 32.2. The molecular weight excluding hydrogens is 323 g/mol. The molecule has 1 aliphatic rings. The first-order valence-corrected chi connectivity index (χ1v) is 8.09. The second-order valence-corrected chi connectivity index (χ2v) is 6.71. The Balaban J connectivity index is 1.65. The number of hydrogen-bond donors (Lipinski definition) is 1. The highest BCUT2D eigenvalue weighted by Crippen LogP contribution is 2.36. The quantitative estimate of drug-likeness (QED) is 0.829. The first-order chi connectivity index (χ1) is 10.9. The third kappa shape index (κ3) is 4.20. The van der Waals surface area contributed by atoms with Gasteiger partial charge in [0.15, 0.2) is 0 Å². The van der Waals surface area contributed by atoms with Gasteiger partial charge in [-0.2, -0.15) is 13.2 Å². The SMILES string of the molecule is Oc1cccc2c1CN(Cc1ccc(SC(F)(F)F)cc1)CC2. The van der Waals surface area contributed by atoms with Gasteiger partial charge in [0.1, 0.15) is 5.75 Å². The minimum atomic E-state index is -4.25. The Morgan fingerprint density at radius 1 is 1.09 bits per heavy atom. The number of phenols is 1. The van der Waals surface area contributed by atoms with E-state index in [0.717, 1.165) is 29.7 Å². The van der Waals surface area contributed by atoms with Gasteiger partial charge in [0.2, 0.25) is 0 Å². The number of benzene rings is 2. The molecule has 3 rings (SSSR count). The van der Waals surface area contributed by atoms with Gasteiger partial charge in [-0.3, -0.25) is 4.90 Å². The van der Waals surface area contributed by atoms with Gasteiger partial charge in [-0.15, -0.1) is 0 Å². The summed E-state index contributed by atoms with van der Waals surface area (Å²) in [6, 6.07) is 12.0. The van der Waals surface area contributed by atoms with E-state index in [2.05, 4.69) is 4.90 Å². The van der Waals surface area contributed by atoms with Gasteiger partial charge in [0.25, 0.3) is 0 Å². The molecule has 0 atom stereocenters. The third-order valence-corrected chi connectivity index (χ3v) is 4.63. The molecule has 1 heterocycles. The fourth-order valence-corrected chi connectivity index (χ4v) is 3.35. The number of halogens is 3. The van der Waals surface area contributed by atoms with E-state index in [1.54, 1.807) is 18.2 Å². The molecule has 0 unspecified atom stereocenters. The summed E-state index contributed by atoms with van der Waals surface area (Å²) in [5.41, 5.74) is -1.17. The molecule has 23 heavy (non-hydrogen) atoms. The second-order valence-electron chi connectivity index (χ2n) is 5.57. The van der Waals surface area contributed by atoms with Crippen LogP contribution in [0.15, 0.2) is 47.4 Å². The van der Waals surface area contributed by atoms with E-state index < -0.39 is 5.51 Å². The van der Waals surface area contributed by atoms with Crippen LogP contribution in [0.5, 0.6) is 5.75 Å². The molecule has 2 aromatic carbocycles. The lowest BCUT2D eigenvalue weighted by Gasteiger charge is -2.29. The number of hydrogen-bond acceptors (Lipinski definition) is 3. The van der Waals surface area contributed by atoms with Gasteiger partial charge in [-0.25, -0.2) is 0 Å². The molecule has 0 bridgehead atoms. The van der Waals surface area contributed by atoms with Crippen LogP contribution in [0.3, 0.4) is 0 Å². The molecule has 0 radical (unpaired) electrons. The molecule has 6 heteroatoms. The number of fused-ring (bicyclic) bond motifs is 1. The largest absolute Gasteiger partial charge is 0.508 e. The summed E-state index contributed by atoms with van der Waals surface area (Å²) in [6.45, 7) is 2.18. The topological polar surface area (TPSA) is 23.5 Å². The molecule has 0 amide bonds. The van der Waals surface area contributed by atoms with Crippen molar-refractivity contribution in [1.29, 1.82) is 0 Å². The summed E-state index contributed by atoms with van der Waals surface area (Å²) in [4.78, 5) is 2.39. The number of phenolic OH excluding ortho intramolecular Hbond substituents is 1. The molecule has 0 saturated carbocycles. The molecule has 2 nitrogen and oxygen atoms in total. The summed E-state index contributed by atoms with van der Waals surface area (Å²) in [6.07, 6.45) is 0.867. The van der Waals surface area contributed by atoms with Crippen molar-refractivity contribution in [3.63, 3.8) is 0 Å². The van der Waals surface area contributed by atoms with Crippen molar-refractivity contribution in [3.8, 4) is 5.75 Å². The van der Waals surface area contributed by atoms with Gasteiger partial charge in [-0.05, 0) is 47.5 Å². The van der Waals surface area contributed by atoms with E-state index in [1.807, 2.05) is 12.1 Å². The van der Waals surface area contributed by atoms with Crippen LogP contribution in [-0.4, -0.2) is 22.1 Å². The average Bonchev–Trinajstić information content (AvgIpc) is 2.49. The third-order valence-electron chi connectivity index (χ3n) is 3.89. The summed E-state index contributed by atoms with van der Waals surface area (Å²) in [5.74, 6) is 0.309. The Morgan fingerprint density at radius 2 is 1.83 bits per heavy atom. The van der Waals surface area contributed by atoms with Crippen LogP contribution < -0.4 is 0 Å². The van der Waals surface area contributed by atoms with Crippen molar-refractivity contribution in [2.45, 2.75) is 29.9 Å². The molecule has 122 valence electrons. The smallest absolute Gasteiger partial charge is 0.446 e. The van der Waals surface area contributed by atoms with Crippen LogP contribution in [0.4, 0.5) is 13.2 Å². The lowest BCUT2D eigenvalue weighted by molar-refractivity contribution is -0.0328. The Bertz CT molecular complexity index is 685. The van der Waals surface area contributed by atoms with E-state index in [0.29, 0.717) is 18.8 Å². The minimum Gasteiger partial charge on any atom is -0.508 e. The highest BCUT2D eigenvalue weighted by Gasteiger charge is 2.29. The van der Waals surface area contributed by atoms with E-state index >= 15 is 0 Å². The maximum absolute atomic E-state index is 12.3. The first-order valence-electron chi connectivity index (χ1n) is 7.27. The molecule has 0 spiro atoms. The molecule has 0 fully saturated rings. The lowest BCUT2D eigenvalue weighted by Crippen LogP contribution is -2.30. The van der Waals surface area contributed by atoms with Crippen molar-refractivity contribution in [3.05, 3.63) is 59.2 Å². The average molecular weight is 339 g/mol. The zero-order valence-electron chi connectivity index (χ0n) is 12.3. The zero-order chi connectivity index (χ0) is 16.4. The van der Waals surface area contributed by atoms with Crippen molar-refractivity contribution in [2.75, 3.05) is 6.54 Å². The predicted molar refractivity (Wildman–Crippen MR) is 84.3 cm³/mol. The lowest BCUT2D eigenvalue weighted by atomic mass is 9.98. The fourth-order valence-electron chi connectivity index (χ4n) is 2.81.